The lowest BCUT2D eigenvalue weighted by Crippen LogP contribution is -2.61. The van der Waals surface area contributed by atoms with Gasteiger partial charge in [0, 0.05) is 12.5 Å². The van der Waals surface area contributed by atoms with Crippen molar-refractivity contribution in [2.75, 3.05) is 6.54 Å². The van der Waals surface area contributed by atoms with Crippen LogP contribution in [0.1, 0.15) is 110 Å². The van der Waals surface area contributed by atoms with Crippen LogP contribution in [0.25, 0.3) is 0 Å². The van der Waals surface area contributed by atoms with E-state index in [9.17, 15) is 48.3 Å². The number of likely N-dealkylation sites (tertiary alicyclic amines) is 1. The van der Waals surface area contributed by atoms with E-state index in [-0.39, 0.29) is 29.6 Å². The van der Waals surface area contributed by atoms with Gasteiger partial charge < -0.3 is 47.2 Å². The first-order valence-electron chi connectivity index (χ1n) is 20.4. The smallest absolute Gasteiger partial charge is 0.325 e. The van der Waals surface area contributed by atoms with Crippen LogP contribution in [0.5, 0.6) is 0 Å². The van der Waals surface area contributed by atoms with Gasteiger partial charge in [-0.05, 0) is 63.2 Å². The molecule has 330 valence electrons. The highest BCUT2D eigenvalue weighted by Crippen LogP contribution is 2.21. The number of nitrogens with one attached hydrogen (secondary N) is 7. The van der Waals surface area contributed by atoms with E-state index in [4.69, 9.17) is 0 Å². The van der Waals surface area contributed by atoms with E-state index in [0.29, 0.717) is 19.4 Å². The van der Waals surface area contributed by atoms with Gasteiger partial charge >= 0.3 is 5.97 Å². The van der Waals surface area contributed by atoms with Crippen molar-refractivity contribution in [3.63, 3.8) is 0 Å². The van der Waals surface area contributed by atoms with E-state index in [1.165, 1.54) is 25.7 Å². The van der Waals surface area contributed by atoms with Crippen molar-refractivity contribution in [1.82, 2.24) is 42.1 Å². The molecule has 1 saturated heterocycles. The molecule has 1 rings (SSSR count). The molecule has 0 aromatic rings. The monoisotopic (exact) mass is 823 g/mol. The Hall–Kier alpha value is -4.77. The summed E-state index contributed by atoms with van der Waals surface area (Å²) < 4.78 is 0. The molecule has 0 aromatic carbocycles. The molecular weight excluding hydrogens is 752 g/mol. The third kappa shape index (κ3) is 14.9. The molecule has 1 fully saturated rings. The Morgan fingerprint density at radius 3 is 1.22 bits per heavy atom. The minimum atomic E-state index is -1.25. The van der Waals surface area contributed by atoms with Crippen molar-refractivity contribution in [1.29, 1.82) is 0 Å². The minimum absolute atomic E-state index is 0.0689. The van der Waals surface area contributed by atoms with Crippen LogP contribution in [0.2, 0.25) is 0 Å². The van der Waals surface area contributed by atoms with Gasteiger partial charge in [-0.25, -0.2) is 0 Å². The molecule has 1 aliphatic rings. The maximum Gasteiger partial charge on any atom is 0.325 e. The lowest BCUT2D eigenvalue weighted by atomic mass is 9.95. The summed E-state index contributed by atoms with van der Waals surface area (Å²) in [5, 5.41) is 27.5. The number of carboxylic acid groups (broad SMARTS) is 1. The van der Waals surface area contributed by atoms with Crippen molar-refractivity contribution in [3.05, 3.63) is 0 Å². The number of rotatable bonds is 21. The van der Waals surface area contributed by atoms with Crippen LogP contribution in [0.3, 0.4) is 0 Å². The highest BCUT2D eigenvalue weighted by atomic mass is 16.4. The quantitative estimate of drug-likeness (QED) is 0.0792. The summed E-state index contributed by atoms with van der Waals surface area (Å²) in [7, 11) is 0. The second-order valence-corrected chi connectivity index (χ2v) is 17.2. The van der Waals surface area contributed by atoms with Gasteiger partial charge in [0.25, 0.3) is 0 Å². The number of carbonyl (C=O) groups excluding carboxylic acids is 8. The number of carboxylic acids is 1. The molecule has 0 radical (unpaired) electrons. The molecule has 0 aromatic heterocycles. The van der Waals surface area contributed by atoms with Crippen LogP contribution in [0, 0.1) is 35.5 Å². The fourth-order valence-electron chi connectivity index (χ4n) is 6.10. The van der Waals surface area contributed by atoms with Gasteiger partial charge in [-0.15, -0.1) is 0 Å². The molecule has 0 aliphatic carbocycles. The second kappa shape index (κ2) is 23.0. The van der Waals surface area contributed by atoms with Gasteiger partial charge in [0.15, 0.2) is 0 Å². The molecule has 0 unspecified atom stereocenters. The van der Waals surface area contributed by atoms with E-state index in [2.05, 4.69) is 37.2 Å². The number of aliphatic carboxylic acids is 1. The number of amides is 8. The number of hydrogen-bond acceptors (Lipinski definition) is 9. The highest BCUT2D eigenvalue weighted by molar-refractivity contribution is 5.98. The van der Waals surface area contributed by atoms with E-state index >= 15 is 0 Å². The zero-order chi connectivity index (χ0) is 44.9. The standard InChI is InChI=1S/C40H70N8O10/c1-18(2)23(11)32(49)47-31(22(9)10)39(56)48-17-15-16-27(48)35(52)42-24(12)33(50)41-25(13)34(51)44-29(20(5)6)37(54)46-30(21(7)8)38(55)45-28(19(3)4)36(53)43-26(14)40(57)58/h18-31H,15-17H2,1-14H3,(H,41,50)(H,42,52)(H,43,53)(H,44,51)(H,45,55)(H,46,54)(H,47,49)(H,57,58)/t23-,24-,25-,26-,27-,28-,29-,30-,31-/m0/s1. The summed E-state index contributed by atoms with van der Waals surface area (Å²) >= 11 is 0. The molecule has 0 bridgehead atoms. The molecule has 1 heterocycles. The van der Waals surface area contributed by atoms with Crippen molar-refractivity contribution >= 4 is 53.2 Å². The van der Waals surface area contributed by atoms with Gasteiger partial charge in [-0.3, -0.25) is 43.2 Å². The number of nitrogens with zero attached hydrogens (tertiary/aromatic N) is 1. The molecule has 0 spiro atoms. The molecule has 1 aliphatic heterocycles. The van der Waals surface area contributed by atoms with Crippen LogP contribution >= 0.6 is 0 Å². The Balaban J connectivity index is 2.96. The third-order valence-electron chi connectivity index (χ3n) is 10.5. The van der Waals surface area contributed by atoms with Crippen LogP contribution in [0.15, 0.2) is 0 Å². The van der Waals surface area contributed by atoms with Crippen LogP contribution in [-0.2, 0) is 43.2 Å². The predicted octanol–water partition coefficient (Wildman–Crippen LogP) is 0.431. The first-order valence-corrected chi connectivity index (χ1v) is 20.4. The Morgan fingerprint density at radius 2 is 0.810 bits per heavy atom. The Morgan fingerprint density at radius 1 is 0.448 bits per heavy atom. The van der Waals surface area contributed by atoms with Gasteiger partial charge in [0.05, 0.1) is 0 Å². The lowest BCUT2D eigenvalue weighted by molar-refractivity contribution is -0.143. The van der Waals surface area contributed by atoms with Gasteiger partial charge in [-0.2, -0.15) is 0 Å². The fourth-order valence-corrected chi connectivity index (χ4v) is 6.10. The third-order valence-corrected chi connectivity index (χ3v) is 10.5. The summed E-state index contributed by atoms with van der Waals surface area (Å²) in [6.07, 6.45) is 0.920. The predicted molar refractivity (Wildman–Crippen MR) is 216 cm³/mol. The lowest BCUT2D eigenvalue weighted by Gasteiger charge is -2.32. The molecule has 18 nitrogen and oxygen atoms in total. The molecule has 9 atom stereocenters. The van der Waals surface area contributed by atoms with E-state index in [0.717, 1.165) is 0 Å². The van der Waals surface area contributed by atoms with Crippen molar-refractivity contribution in [2.24, 2.45) is 35.5 Å². The van der Waals surface area contributed by atoms with Crippen molar-refractivity contribution < 1.29 is 48.3 Å². The van der Waals surface area contributed by atoms with Crippen molar-refractivity contribution in [3.8, 4) is 0 Å². The zero-order valence-corrected chi connectivity index (χ0v) is 36.8. The average molecular weight is 823 g/mol. The summed E-state index contributed by atoms with van der Waals surface area (Å²) in [6.45, 7) is 23.8. The molecule has 58 heavy (non-hydrogen) atoms. The van der Waals surface area contributed by atoms with Crippen molar-refractivity contribution in [2.45, 2.75) is 158 Å². The summed E-state index contributed by atoms with van der Waals surface area (Å²) in [6, 6.07) is -8.52. The zero-order valence-electron chi connectivity index (χ0n) is 36.8. The largest absolute Gasteiger partial charge is 0.480 e. The fraction of sp³-hybridized carbons (Fsp3) is 0.775. The van der Waals surface area contributed by atoms with Gasteiger partial charge in [0.1, 0.15) is 48.3 Å². The molecular formula is C40H70N8O10. The maximum absolute atomic E-state index is 13.6. The van der Waals surface area contributed by atoms with E-state index in [1.54, 1.807) is 48.5 Å². The van der Waals surface area contributed by atoms with Gasteiger partial charge in [-0.1, -0.05) is 76.2 Å². The van der Waals surface area contributed by atoms with E-state index in [1.807, 2.05) is 27.7 Å². The van der Waals surface area contributed by atoms with Crippen LogP contribution in [-0.4, -0.2) is 118 Å². The molecule has 18 heteroatoms. The topological polar surface area (TPSA) is 261 Å². The molecule has 8 amide bonds. The van der Waals surface area contributed by atoms with Gasteiger partial charge in [0.2, 0.25) is 47.3 Å². The molecule has 0 saturated carbocycles. The van der Waals surface area contributed by atoms with Crippen LogP contribution < -0.4 is 37.2 Å². The van der Waals surface area contributed by atoms with Crippen LogP contribution in [0.4, 0.5) is 0 Å². The average Bonchev–Trinajstić information content (AvgIpc) is 3.62. The first kappa shape index (κ1) is 51.2. The highest BCUT2D eigenvalue weighted by Gasteiger charge is 2.40. The minimum Gasteiger partial charge on any atom is -0.480 e. The normalized spacial score (nSPS) is 18.3. The summed E-state index contributed by atoms with van der Waals surface area (Å²) in [4.78, 5) is 119. The summed E-state index contributed by atoms with van der Waals surface area (Å²) in [5.41, 5.74) is 0. The Labute approximate surface area is 343 Å². The Bertz CT molecular complexity index is 1500. The SMILES string of the molecule is CC(C)[C@H](C)C(=O)N[C@H](C(=O)N1CCC[C@H]1C(=O)N[C@@H](C)C(=O)N[C@@H](C)C(=O)N[C@H](C(=O)N[C@H](C(=O)N[C@H](C(=O)N[C@@H](C)C(=O)O)C(C)C)C(C)C)C(C)C)C(C)C. The molecule has 8 N–H and O–H groups in total. The number of carbonyl (C=O) groups is 9. The first-order chi connectivity index (χ1) is 26.7. The number of hydrogen-bond donors (Lipinski definition) is 8. The Kier molecular flexibility index (Phi) is 20.3. The second-order valence-electron chi connectivity index (χ2n) is 17.2. The summed E-state index contributed by atoms with van der Waals surface area (Å²) in [5.74, 6) is -7.73. The van der Waals surface area contributed by atoms with E-state index < -0.39 is 108 Å². The maximum atomic E-state index is 13.6.